The fourth-order valence-corrected chi connectivity index (χ4v) is 1.67. The van der Waals surface area contributed by atoms with Gasteiger partial charge in [-0.05, 0) is 31.1 Å². The van der Waals surface area contributed by atoms with Crippen LogP contribution in [0, 0.1) is 22.7 Å². The second-order valence-corrected chi connectivity index (χ2v) is 3.85. The number of nitriles is 1. The first-order valence-electron chi connectivity index (χ1n) is 4.25. The molecule has 0 saturated heterocycles. The Bertz CT molecular complexity index is 174. The van der Waals surface area contributed by atoms with Gasteiger partial charge in [-0.1, -0.05) is 6.92 Å². The topological polar surface area (TPSA) is 49.8 Å². The molecule has 2 atom stereocenters. The third kappa shape index (κ3) is 1.54. The average Bonchev–Trinajstić information content (AvgIpc) is 2.69. The van der Waals surface area contributed by atoms with E-state index < -0.39 is 0 Å². The van der Waals surface area contributed by atoms with Crippen LogP contribution in [0.3, 0.4) is 0 Å². The van der Waals surface area contributed by atoms with E-state index in [2.05, 4.69) is 13.0 Å². The summed E-state index contributed by atoms with van der Waals surface area (Å²) in [6, 6.07) is 2.48. The maximum atomic E-state index is 8.58. The maximum Gasteiger partial charge on any atom is 0.0627 e. The summed E-state index contributed by atoms with van der Waals surface area (Å²) in [5, 5.41) is 8.58. The lowest BCUT2D eigenvalue weighted by atomic mass is 9.83. The molecule has 0 aromatic heterocycles. The molecule has 1 saturated carbocycles. The Labute approximate surface area is 68.4 Å². The van der Waals surface area contributed by atoms with Crippen molar-refractivity contribution >= 4 is 0 Å². The maximum absolute atomic E-state index is 8.58. The van der Waals surface area contributed by atoms with E-state index in [0.717, 1.165) is 0 Å². The van der Waals surface area contributed by atoms with Crippen LogP contribution >= 0.6 is 0 Å². The molecule has 0 aliphatic heterocycles. The highest BCUT2D eigenvalue weighted by molar-refractivity contribution is 5.03. The minimum absolute atomic E-state index is 0.228. The minimum atomic E-state index is 0.228. The Balaban J connectivity index is 2.52. The first kappa shape index (κ1) is 8.55. The van der Waals surface area contributed by atoms with Crippen molar-refractivity contribution in [2.45, 2.75) is 39.2 Å². The molecule has 2 N–H and O–H groups in total. The fraction of sp³-hybridized carbons (Fsp3) is 0.889. The van der Waals surface area contributed by atoms with E-state index in [0.29, 0.717) is 17.8 Å². The number of hydrogen-bond acceptors (Lipinski definition) is 2. The van der Waals surface area contributed by atoms with E-state index in [4.69, 9.17) is 11.0 Å². The van der Waals surface area contributed by atoms with Gasteiger partial charge in [-0.2, -0.15) is 5.26 Å². The van der Waals surface area contributed by atoms with E-state index in [1.165, 1.54) is 12.8 Å². The molecule has 2 heteroatoms. The summed E-state index contributed by atoms with van der Waals surface area (Å²) >= 11 is 0. The van der Waals surface area contributed by atoms with Gasteiger partial charge < -0.3 is 5.73 Å². The van der Waals surface area contributed by atoms with Crippen molar-refractivity contribution in [3.05, 3.63) is 0 Å². The highest BCUT2D eigenvalue weighted by Gasteiger charge is 2.47. The smallest absolute Gasteiger partial charge is 0.0627 e. The van der Waals surface area contributed by atoms with E-state index in [-0.39, 0.29) is 6.04 Å². The molecular weight excluding hydrogens is 136 g/mol. The van der Waals surface area contributed by atoms with Crippen LogP contribution in [0.15, 0.2) is 0 Å². The molecule has 1 fully saturated rings. The highest BCUT2D eigenvalue weighted by Crippen LogP contribution is 2.55. The minimum Gasteiger partial charge on any atom is -0.328 e. The summed E-state index contributed by atoms with van der Waals surface area (Å²) in [4.78, 5) is 0. The molecule has 11 heavy (non-hydrogen) atoms. The summed E-state index contributed by atoms with van der Waals surface area (Å²) < 4.78 is 0. The summed E-state index contributed by atoms with van der Waals surface area (Å²) in [6.07, 6.45) is 3.09. The molecule has 0 radical (unpaired) electrons. The van der Waals surface area contributed by atoms with Crippen molar-refractivity contribution in [2.75, 3.05) is 0 Å². The fourth-order valence-electron chi connectivity index (χ4n) is 1.67. The van der Waals surface area contributed by atoms with Gasteiger partial charge in [-0.3, -0.25) is 0 Å². The second kappa shape index (κ2) is 2.83. The van der Waals surface area contributed by atoms with Crippen molar-refractivity contribution in [3.8, 4) is 6.07 Å². The van der Waals surface area contributed by atoms with Gasteiger partial charge in [0.1, 0.15) is 0 Å². The normalized spacial score (nSPS) is 25.3. The SMILES string of the molecule is CC(N)C(C)C1(CC#N)CC1. The van der Waals surface area contributed by atoms with Crippen LogP contribution in [-0.2, 0) is 0 Å². The summed E-state index contributed by atoms with van der Waals surface area (Å²) in [6.45, 7) is 4.19. The number of nitrogens with two attached hydrogens (primary N) is 1. The van der Waals surface area contributed by atoms with Gasteiger partial charge in [-0.25, -0.2) is 0 Å². The number of hydrogen-bond donors (Lipinski definition) is 1. The van der Waals surface area contributed by atoms with Gasteiger partial charge in [0.25, 0.3) is 0 Å². The standard InChI is InChI=1S/C9H16N2/c1-7(8(2)11)9(3-4-9)5-6-10/h7-8H,3-5,11H2,1-2H3. The summed E-state index contributed by atoms with van der Waals surface area (Å²) in [5.74, 6) is 0.502. The summed E-state index contributed by atoms with van der Waals surface area (Å²) in [7, 11) is 0. The van der Waals surface area contributed by atoms with Gasteiger partial charge in [0, 0.05) is 12.5 Å². The van der Waals surface area contributed by atoms with E-state index >= 15 is 0 Å². The Morgan fingerprint density at radius 1 is 1.55 bits per heavy atom. The van der Waals surface area contributed by atoms with Crippen LogP contribution in [0.4, 0.5) is 0 Å². The third-order valence-electron chi connectivity index (χ3n) is 3.08. The first-order valence-corrected chi connectivity index (χ1v) is 4.25. The van der Waals surface area contributed by atoms with Crippen LogP contribution in [0.5, 0.6) is 0 Å². The molecule has 0 bridgehead atoms. The second-order valence-electron chi connectivity index (χ2n) is 3.85. The molecule has 0 amide bonds. The van der Waals surface area contributed by atoms with Crippen LogP contribution < -0.4 is 5.73 Å². The predicted octanol–water partition coefficient (Wildman–Crippen LogP) is 1.66. The predicted molar refractivity (Wildman–Crippen MR) is 44.7 cm³/mol. The van der Waals surface area contributed by atoms with Gasteiger partial charge in [-0.15, -0.1) is 0 Å². The van der Waals surface area contributed by atoms with Crippen molar-refractivity contribution in [1.29, 1.82) is 5.26 Å². The quantitative estimate of drug-likeness (QED) is 0.668. The Hall–Kier alpha value is -0.550. The zero-order valence-corrected chi connectivity index (χ0v) is 7.30. The molecule has 1 aliphatic rings. The Morgan fingerprint density at radius 3 is 2.36 bits per heavy atom. The van der Waals surface area contributed by atoms with Crippen molar-refractivity contribution in [1.82, 2.24) is 0 Å². The molecule has 1 aliphatic carbocycles. The van der Waals surface area contributed by atoms with Crippen LogP contribution in [0.25, 0.3) is 0 Å². The van der Waals surface area contributed by atoms with Crippen LogP contribution in [0.2, 0.25) is 0 Å². The number of rotatable bonds is 3. The first-order chi connectivity index (χ1) is 5.12. The summed E-state index contributed by atoms with van der Waals surface area (Å²) in [5.41, 5.74) is 6.08. The molecule has 1 rings (SSSR count). The monoisotopic (exact) mass is 152 g/mol. The molecule has 2 nitrogen and oxygen atoms in total. The lowest BCUT2D eigenvalue weighted by Gasteiger charge is -2.23. The zero-order valence-electron chi connectivity index (χ0n) is 7.30. The lowest BCUT2D eigenvalue weighted by Crippen LogP contribution is -2.31. The third-order valence-corrected chi connectivity index (χ3v) is 3.08. The Morgan fingerprint density at radius 2 is 2.09 bits per heavy atom. The van der Waals surface area contributed by atoms with E-state index in [1.807, 2.05) is 6.92 Å². The van der Waals surface area contributed by atoms with Crippen LogP contribution in [-0.4, -0.2) is 6.04 Å². The zero-order chi connectivity index (χ0) is 8.48. The molecular formula is C9H16N2. The average molecular weight is 152 g/mol. The molecule has 0 aromatic rings. The molecule has 2 unspecified atom stereocenters. The molecule has 0 aromatic carbocycles. The van der Waals surface area contributed by atoms with Crippen molar-refractivity contribution in [3.63, 3.8) is 0 Å². The largest absolute Gasteiger partial charge is 0.328 e. The van der Waals surface area contributed by atoms with Crippen LogP contribution in [0.1, 0.15) is 33.1 Å². The lowest BCUT2D eigenvalue weighted by molar-refractivity contribution is 0.296. The van der Waals surface area contributed by atoms with E-state index in [9.17, 15) is 0 Å². The molecule has 0 heterocycles. The van der Waals surface area contributed by atoms with Gasteiger partial charge in [0.15, 0.2) is 0 Å². The van der Waals surface area contributed by atoms with Gasteiger partial charge in [0.2, 0.25) is 0 Å². The van der Waals surface area contributed by atoms with E-state index in [1.54, 1.807) is 0 Å². The van der Waals surface area contributed by atoms with Gasteiger partial charge >= 0.3 is 0 Å². The Kier molecular flexibility index (Phi) is 2.20. The highest BCUT2D eigenvalue weighted by atomic mass is 14.7. The van der Waals surface area contributed by atoms with Crippen molar-refractivity contribution < 1.29 is 0 Å². The van der Waals surface area contributed by atoms with Gasteiger partial charge in [0.05, 0.1) is 6.07 Å². The molecule has 62 valence electrons. The number of nitrogens with zero attached hydrogens (tertiary/aromatic N) is 1. The van der Waals surface area contributed by atoms with Crippen molar-refractivity contribution in [2.24, 2.45) is 17.1 Å². The molecule has 0 spiro atoms.